The van der Waals surface area contributed by atoms with E-state index in [-0.39, 0.29) is 11.6 Å². The van der Waals surface area contributed by atoms with Gasteiger partial charge in [0.2, 0.25) is 0 Å². The number of aromatic nitrogens is 2. The molecule has 0 aliphatic heterocycles. The minimum Gasteiger partial charge on any atom is -0.319 e. The van der Waals surface area contributed by atoms with Gasteiger partial charge in [0.15, 0.2) is 5.69 Å². The quantitative estimate of drug-likeness (QED) is 0.915. The molecule has 2 rings (SSSR count). The van der Waals surface area contributed by atoms with Crippen LogP contribution in [0.25, 0.3) is 0 Å². The number of carbonyl (C=O) groups is 1. The maximum atomic E-state index is 12.0. The van der Waals surface area contributed by atoms with Crippen LogP contribution in [0.3, 0.4) is 0 Å². The van der Waals surface area contributed by atoms with Crippen LogP contribution in [0.5, 0.6) is 0 Å². The number of anilines is 1. The molecule has 0 unspecified atom stereocenters. The molecule has 0 bridgehead atoms. The molecule has 0 atom stereocenters. The number of carbonyl (C=O) groups excluding carboxylic acids is 1. The van der Waals surface area contributed by atoms with Crippen molar-refractivity contribution in [2.45, 2.75) is 20.8 Å². The Morgan fingerprint density at radius 3 is 2.47 bits per heavy atom. The van der Waals surface area contributed by atoms with Crippen LogP contribution in [0.1, 0.15) is 27.3 Å². The summed E-state index contributed by atoms with van der Waals surface area (Å²) in [6, 6.07) is 7.15. The summed E-state index contributed by atoms with van der Waals surface area (Å²) in [4.78, 5) is 12.0. The smallest absolute Gasteiger partial charge is 0.276 e. The lowest BCUT2D eigenvalue weighted by Gasteiger charge is -2.11. The minimum atomic E-state index is -0.318. The van der Waals surface area contributed by atoms with Crippen molar-refractivity contribution in [1.29, 1.82) is 0 Å². The lowest BCUT2D eigenvalue weighted by Crippen LogP contribution is -2.15. The number of halogens is 1. The standard InChI is InChI=1S/C14H14ClN3O/c1-8-6-9(2)13(11(15)7-8)16-14(19)12-5-4-10(3)17-18-12/h4-7H,1-3H3,(H,16,19). The molecule has 5 heteroatoms. The topological polar surface area (TPSA) is 54.9 Å². The van der Waals surface area contributed by atoms with Gasteiger partial charge in [-0.3, -0.25) is 4.79 Å². The van der Waals surface area contributed by atoms with Crippen LogP contribution in [-0.2, 0) is 0 Å². The van der Waals surface area contributed by atoms with Crippen LogP contribution >= 0.6 is 11.6 Å². The van der Waals surface area contributed by atoms with E-state index in [4.69, 9.17) is 11.6 Å². The van der Waals surface area contributed by atoms with Crippen molar-refractivity contribution in [2.75, 3.05) is 5.32 Å². The van der Waals surface area contributed by atoms with Crippen LogP contribution < -0.4 is 5.32 Å². The first-order valence-corrected chi connectivity index (χ1v) is 6.23. The molecule has 0 saturated heterocycles. The number of amides is 1. The predicted molar refractivity (Wildman–Crippen MR) is 75.6 cm³/mol. The van der Waals surface area contributed by atoms with Crippen molar-refractivity contribution >= 4 is 23.2 Å². The van der Waals surface area contributed by atoms with Crippen molar-refractivity contribution in [3.8, 4) is 0 Å². The van der Waals surface area contributed by atoms with Crippen LogP contribution in [0.2, 0.25) is 5.02 Å². The van der Waals surface area contributed by atoms with Crippen molar-refractivity contribution in [3.05, 3.63) is 51.8 Å². The normalized spacial score (nSPS) is 10.3. The average Bonchev–Trinajstić information content (AvgIpc) is 2.34. The van der Waals surface area contributed by atoms with Gasteiger partial charge in [0.05, 0.1) is 16.4 Å². The van der Waals surface area contributed by atoms with Gasteiger partial charge in [-0.1, -0.05) is 17.7 Å². The summed E-state index contributed by atoms with van der Waals surface area (Å²) in [5.74, 6) is -0.318. The summed E-state index contributed by atoms with van der Waals surface area (Å²) >= 11 is 6.14. The number of benzene rings is 1. The van der Waals surface area contributed by atoms with E-state index in [0.29, 0.717) is 10.7 Å². The van der Waals surface area contributed by atoms with Gasteiger partial charge in [-0.25, -0.2) is 0 Å². The van der Waals surface area contributed by atoms with E-state index in [1.807, 2.05) is 32.9 Å². The third-order valence-corrected chi connectivity index (χ3v) is 3.00. The largest absolute Gasteiger partial charge is 0.319 e. The molecule has 2 aromatic rings. The molecular formula is C14H14ClN3O. The van der Waals surface area contributed by atoms with E-state index in [2.05, 4.69) is 15.5 Å². The first kappa shape index (κ1) is 13.5. The van der Waals surface area contributed by atoms with Crippen molar-refractivity contribution in [1.82, 2.24) is 10.2 Å². The highest BCUT2D eigenvalue weighted by molar-refractivity contribution is 6.34. The first-order chi connectivity index (χ1) is 8.97. The molecule has 1 heterocycles. The number of hydrogen-bond donors (Lipinski definition) is 1. The number of nitrogens with one attached hydrogen (secondary N) is 1. The minimum absolute atomic E-state index is 0.265. The Labute approximate surface area is 116 Å². The molecule has 98 valence electrons. The molecule has 0 aliphatic carbocycles. The summed E-state index contributed by atoms with van der Waals surface area (Å²) in [5, 5.41) is 11.0. The highest BCUT2D eigenvalue weighted by atomic mass is 35.5. The maximum absolute atomic E-state index is 12.0. The zero-order chi connectivity index (χ0) is 14.0. The molecular weight excluding hydrogens is 262 g/mol. The monoisotopic (exact) mass is 275 g/mol. The summed E-state index contributed by atoms with van der Waals surface area (Å²) in [6.45, 7) is 5.67. The molecule has 4 nitrogen and oxygen atoms in total. The van der Waals surface area contributed by atoms with Gasteiger partial charge in [-0.15, -0.1) is 5.10 Å². The first-order valence-electron chi connectivity index (χ1n) is 5.86. The SMILES string of the molecule is Cc1cc(C)c(NC(=O)c2ccc(C)nn2)c(Cl)c1. The van der Waals surface area contributed by atoms with Gasteiger partial charge in [0.1, 0.15) is 0 Å². The van der Waals surface area contributed by atoms with E-state index in [0.717, 1.165) is 16.8 Å². The second-order valence-electron chi connectivity index (χ2n) is 4.45. The third-order valence-electron chi connectivity index (χ3n) is 2.70. The Hall–Kier alpha value is -1.94. The van der Waals surface area contributed by atoms with Gasteiger partial charge in [-0.05, 0) is 50.1 Å². The Balaban J connectivity index is 2.26. The average molecular weight is 276 g/mol. The second kappa shape index (κ2) is 5.36. The van der Waals surface area contributed by atoms with Crippen molar-refractivity contribution < 1.29 is 4.79 Å². The fourth-order valence-electron chi connectivity index (χ4n) is 1.77. The third kappa shape index (κ3) is 3.09. The fraction of sp³-hybridized carbons (Fsp3) is 0.214. The Kier molecular flexibility index (Phi) is 3.81. The fourth-order valence-corrected chi connectivity index (χ4v) is 2.14. The van der Waals surface area contributed by atoms with Crippen molar-refractivity contribution in [2.24, 2.45) is 0 Å². The van der Waals surface area contributed by atoms with Gasteiger partial charge in [0.25, 0.3) is 5.91 Å². The van der Waals surface area contributed by atoms with Gasteiger partial charge < -0.3 is 5.32 Å². The van der Waals surface area contributed by atoms with Gasteiger partial charge in [-0.2, -0.15) is 5.10 Å². The zero-order valence-electron chi connectivity index (χ0n) is 11.0. The zero-order valence-corrected chi connectivity index (χ0v) is 11.7. The van der Waals surface area contributed by atoms with Crippen LogP contribution in [0, 0.1) is 20.8 Å². The molecule has 19 heavy (non-hydrogen) atoms. The number of hydrogen-bond acceptors (Lipinski definition) is 3. The molecule has 1 N–H and O–H groups in total. The van der Waals surface area contributed by atoms with Gasteiger partial charge in [0, 0.05) is 0 Å². The lowest BCUT2D eigenvalue weighted by molar-refractivity contribution is 0.102. The van der Waals surface area contributed by atoms with E-state index in [1.165, 1.54) is 0 Å². The van der Waals surface area contributed by atoms with Crippen LogP contribution in [0.4, 0.5) is 5.69 Å². The molecule has 0 fully saturated rings. The molecule has 0 aliphatic rings. The van der Waals surface area contributed by atoms with E-state index < -0.39 is 0 Å². The molecule has 0 radical (unpaired) electrons. The number of nitrogens with zero attached hydrogens (tertiary/aromatic N) is 2. The summed E-state index contributed by atoms with van der Waals surface area (Å²) < 4.78 is 0. The number of aryl methyl sites for hydroxylation is 3. The molecule has 0 spiro atoms. The predicted octanol–water partition coefficient (Wildman–Crippen LogP) is 3.31. The van der Waals surface area contributed by atoms with Crippen molar-refractivity contribution in [3.63, 3.8) is 0 Å². The molecule has 1 aromatic heterocycles. The molecule has 1 amide bonds. The Morgan fingerprint density at radius 2 is 1.89 bits per heavy atom. The second-order valence-corrected chi connectivity index (χ2v) is 4.86. The van der Waals surface area contributed by atoms with Crippen LogP contribution in [0.15, 0.2) is 24.3 Å². The number of rotatable bonds is 2. The Bertz CT molecular complexity index is 600. The lowest BCUT2D eigenvalue weighted by atomic mass is 10.1. The van der Waals surface area contributed by atoms with Gasteiger partial charge >= 0.3 is 0 Å². The Morgan fingerprint density at radius 1 is 1.16 bits per heavy atom. The summed E-state index contributed by atoms with van der Waals surface area (Å²) in [5.41, 5.74) is 3.61. The molecule has 1 aromatic carbocycles. The maximum Gasteiger partial charge on any atom is 0.276 e. The summed E-state index contributed by atoms with van der Waals surface area (Å²) in [6.07, 6.45) is 0. The highest BCUT2D eigenvalue weighted by Crippen LogP contribution is 2.27. The van der Waals surface area contributed by atoms with Crippen LogP contribution in [-0.4, -0.2) is 16.1 Å². The van der Waals surface area contributed by atoms with E-state index in [9.17, 15) is 4.79 Å². The van der Waals surface area contributed by atoms with E-state index >= 15 is 0 Å². The summed E-state index contributed by atoms with van der Waals surface area (Å²) in [7, 11) is 0. The molecule has 0 saturated carbocycles. The van der Waals surface area contributed by atoms with E-state index in [1.54, 1.807) is 12.1 Å². The highest BCUT2D eigenvalue weighted by Gasteiger charge is 2.12.